The number of carbonyl (C=O) groups excluding carboxylic acids is 3. The Morgan fingerprint density at radius 1 is 0.280 bits per heavy atom. The molecule has 0 radical (unpaired) electrons. The average Bonchev–Trinajstić information content (AvgIpc) is 3.41. The van der Waals surface area contributed by atoms with Gasteiger partial charge in [-0.1, -0.05) is 299 Å². The maximum absolute atomic E-state index is 12.9. The number of rotatable bonds is 59. The summed E-state index contributed by atoms with van der Waals surface area (Å²) < 4.78 is 16.9. The van der Waals surface area contributed by atoms with Crippen LogP contribution in [-0.2, 0) is 28.6 Å². The third-order valence-electron chi connectivity index (χ3n) is 14.2. The summed E-state index contributed by atoms with van der Waals surface area (Å²) in [5.41, 5.74) is 0. The Hall–Kier alpha value is -3.15. The monoisotopic (exact) mass is 1050 g/mol. The van der Waals surface area contributed by atoms with Gasteiger partial charge in [-0.15, -0.1) is 0 Å². The SMILES string of the molecule is CC/C=C\C/C=C\C/C=C\C/C=C\C/C=C\CCCCCC(=O)OC(COC(=O)CCCCCCC/C=C\CCCC)COC(=O)CCCCCCCCCCCCCCCCCCCCCCCCCCCCC. The summed E-state index contributed by atoms with van der Waals surface area (Å²) in [4.78, 5) is 38.2. The lowest BCUT2D eigenvalue weighted by molar-refractivity contribution is -0.167. The molecule has 1 unspecified atom stereocenters. The maximum atomic E-state index is 12.9. The molecule has 0 fully saturated rings. The molecule has 0 N–H and O–H groups in total. The number of carbonyl (C=O) groups is 3. The number of ether oxygens (including phenoxy) is 3. The van der Waals surface area contributed by atoms with E-state index in [1.54, 1.807) is 0 Å². The maximum Gasteiger partial charge on any atom is 0.306 e. The van der Waals surface area contributed by atoms with E-state index < -0.39 is 6.10 Å². The standard InChI is InChI=1S/C69H122O6/c1-4-7-10-13-16-19-22-24-26-28-30-31-32-33-34-35-36-37-39-40-42-44-47-50-53-56-59-62-68(71)74-65-66(64-73-67(70)61-58-55-52-49-46-21-18-15-12-9-6-3)75-69(72)63-60-57-54-51-48-45-43-41-38-29-27-25-23-20-17-14-11-8-5-2/h8,11,15,17-18,20,25,27,38,41,45,48,66H,4-7,9-10,12-14,16,19,21-24,26,28-37,39-40,42-44,46-47,49-65H2,1-3H3/b11-8-,18-15-,20-17-,27-25-,41-38-,48-45-. The Morgan fingerprint density at radius 2 is 0.533 bits per heavy atom. The van der Waals surface area contributed by atoms with Crippen LogP contribution in [0.5, 0.6) is 0 Å². The fourth-order valence-electron chi connectivity index (χ4n) is 9.34. The van der Waals surface area contributed by atoms with Gasteiger partial charge in [0.05, 0.1) is 0 Å². The van der Waals surface area contributed by atoms with Gasteiger partial charge in [0, 0.05) is 19.3 Å². The van der Waals surface area contributed by atoms with Crippen molar-refractivity contribution in [3.63, 3.8) is 0 Å². The summed E-state index contributed by atoms with van der Waals surface area (Å²) in [6.45, 7) is 6.49. The zero-order valence-corrected chi connectivity index (χ0v) is 49.8. The third kappa shape index (κ3) is 61.6. The van der Waals surface area contributed by atoms with Crippen LogP contribution in [0.4, 0.5) is 0 Å². The zero-order chi connectivity index (χ0) is 54.3. The summed E-state index contributed by atoms with van der Waals surface area (Å²) in [6, 6.07) is 0. The predicted molar refractivity (Wildman–Crippen MR) is 325 cm³/mol. The number of esters is 3. The van der Waals surface area contributed by atoms with Crippen molar-refractivity contribution in [2.24, 2.45) is 0 Å². The fourth-order valence-corrected chi connectivity index (χ4v) is 9.34. The van der Waals surface area contributed by atoms with Crippen molar-refractivity contribution >= 4 is 17.9 Å². The molecule has 0 heterocycles. The molecule has 0 saturated heterocycles. The van der Waals surface area contributed by atoms with Gasteiger partial charge in [0.25, 0.3) is 0 Å². The molecule has 1 atom stereocenters. The second-order valence-corrected chi connectivity index (χ2v) is 21.6. The van der Waals surface area contributed by atoms with Gasteiger partial charge in [-0.3, -0.25) is 14.4 Å². The quantitative estimate of drug-likeness (QED) is 0.0261. The van der Waals surface area contributed by atoms with Crippen LogP contribution >= 0.6 is 0 Å². The van der Waals surface area contributed by atoms with E-state index in [1.165, 1.54) is 186 Å². The van der Waals surface area contributed by atoms with Crippen LogP contribution < -0.4 is 0 Å². The topological polar surface area (TPSA) is 78.9 Å². The minimum absolute atomic E-state index is 0.0890. The molecule has 6 nitrogen and oxygen atoms in total. The minimum Gasteiger partial charge on any atom is -0.462 e. The van der Waals surface area contributed by atoms with Crippen LogP contribution in [0.1, 0.15) is 329 Å². The van der Waals surface area contributed by atoms with Crippen molar-refractivity contribution < 1.29 is 28.6 Å². The molecule has 0 bridgehead atoms. The number of hydrogen-bond donors (Lipinski definition) is 0. The molecule has 0 saturated carbocycles. The Labute approximate surface area is 465 Å². The first-order chi connectivity index (χ1) is 37.0. The van der Waals surface area contributed by atoms with E-state index >= 15 is 0 Å². The van der Waals surface area contributed by atoms with E-state index in [1.807, 2.05) is 0 Å². The summed E-state index contributed by atoms with van der Waals surface area (Å²) in [5, 5.41) is 0. The lowest BCUT2D eigenvalue weighted by Crippen LogP contribution is -2.30. The third-order valence-corrected chi connectivity index (χ3v) is 14.2. The molecule has 0 aromatic rings. The fraction of sp³-hybridized carbons (Fsp3) is 0.783. The molecule has 0 rings (SSSR count). The van der Waals surface area contributed by atoms with Crippen LogP contribution in [-0.4, -0.2) is 37.2 Å². The number of hydrogen-bond acceptors (Lipinski definition) is 6. The Balaban J connectivity index is 4.24. The van der Waals surface area contributed by atoms with Crippen LogP contribution in [0, 0.1) is 0 Å². The Bertz CT molecular complexity index is 1390. The molecule has 0 aliphatic carbocycles. The minimum atomic E-state index is -0.795. The van der Waals surface area contributed by atoms with E-state index in [0.29, 0.717) is 12.8 Å². The summed E-state index contributed by atoms with van der Waals surface area (Å²) in [6.07, 6.45) is 82.2. The van der Waals surface area contributed by atoms with E-state index in [9.17, 15) is 14.4 Å². The lowest BCUT2D eigenvalue weighted by atomic mass is 10.0. The second-order valence-electron chi connectivity index (χ2n) is 21.6. The molecule has 0 aliphatic heterocycles. The van der Waals surface area contributed by atoms with Crippen LogP contribution in [0.3, 0.4) is 0 Å². The van der Waals surface area contributed by atoms with Crippen LogP contribution in [0.25, 0.3) is 0 Å². The summed E-state index contributed by atoms with van der Waals surface area (Å²) >= 11 is 0. The first-order valence-corrected chi connectivity index (χ1v) is 32.4. The first-order valence-electron chi connectivity index (χ1n) is 32.4. The largest absolute Gasteiger partial charge is 0.462 e. The molecule has 0 aromatic carbocycles. The smallest absolute Gasteiger partial charge is 0.306 e. The highest BCUT2D eigenvalue weighted by Crippen LogP contribution is 2.17. The highest BCUT2D eigenvalue weighted by Gasteiger charge is 2.19. The molecular weight excluding hydrogens is 925 g/mol. The number of unbranched alkanes of at least 4 members (excludes halogenated alkanes) is 36. The first kappa shape index (κ1) is 71.8. The highest BCUT2D eigenvalue weighted by atomic mass is 16.6. The molecule has 0 aliphatic rings. The Morgan fingerprint density at radius 3 is 0.880 bits per heavy atom. The van der Waals surface area contributed by atoms with Gasteiger partial charge in [-0.25, -0.2) is 0 Å². The van der Waals surface area contributed by atoms with Crippen molar-refractivity contribution in [2.75, 3.05) is 13.2 Å². The highest BCUT2D eigenvalue weighted by molar-refractivity contribution is 5.71. The van der Waals surface area contributed by atoms with Crippen molar-refractivity contribution in [1.82, 2.24) is 0 Å². The average molecular weight is 1050 g/mol. The van der Waals surface area contributed by atoms with E-state index in [-0.39, 0.29) is 37.5 Å². The van der Waals surface area contributed by atoms with Gasteiger partial charge < -0.3 is 14.2 Å². The van der Waals surface area contributed by atoms with Crippen LogP contribution in [0.2, 0.25) is 0 Å². The van der Waals surface area contributed by atoms with Gasteiger partial charge in [-0.05, 0) is 83.5 Å². The van der Waals surface area contributed by atoms with Crippen molar-refractivity contribution in [1.29, 1.82) is 0 Å². The van der Waals surface area contributed by atoms with Gasteiger partial charge in [-0.2, -0.15) is 0 Å². The second kappa shape index (κ2) is 63.4. The predicted octanol–water partition coefficient (Wildman–Crippen LogP) is 22.1. The summed E-state index contributed by atoms with van der Waals surface area (Å²) in [5.74, 6) is -0.918. The van der Waals surface area contributed by atoms with Crippen molar-refractivity contribution in [2.45, 2.75) is 335 Å². The lowest BCUT2D eigenvalue weighted by Gasteiger charge is -2.18. The van der Waals surface area contributed by atoms with Crippen molar-refractivity contribution in [3.05, 3.63) is 72.9 Å². The molecule has 0 aromatic heterocycles. The molecule has 0 spiro atoms. The van der Waals surface area contributed by atoms with Crippen LogP contribution in [0.15, 0.2) is 72.9 Å². The van der Waals surface area contributed by atoms with Crippen molar-refractivity contribution in [3.8, 4) is 0 Å². The van der Waals surface area contributed by atoms with Gasteiger partial charge in [0.2, 0.25) is 0 Å². The van der Waals surface area contributed by atoms with E-state index in [0.717, 1.165) is 103 Å². The van der Waals surface area contributed by atoms with Gasteiger partial charge in [0.15, 0.2) is 6.10 Å². The Kier molecular flexibility index (Phi) is 60.7. The van der Waals surface area contributed by atoms with E-state index in [4.69, 9.17) is 14.2 Å². The molecule has 75 heavy (non-hydrogen) atoms. The molecular formula is C69H122O6. The van der Waals surface area contributed by atoms with E-state index in [2.05, 4.69) is 93.7 Å². The normalized spacial score (nSPS) is 12.5. The number of allylic oxidation sites excluding steroid dienone is 12. The zero-order valence-electron chi connectivity index (χ0n) is 49.8. The molecule has 6 heteroatoms. The van der Waals surface area contributed by atoms with Gasteiger partial charge >= 0.3 is 17.9 Å². The molecule has 434 valence electrons. The van der Waals surface area contributed by atoms with Gasteiger partial charge in [0.1, 0.15) is 13.2 Å². The summed E-state index contributed by atoms with van der Waals surface area (Å²) in [7, 11) is 0. The molecule has 0 amide bonds.